The molecule has 21 heavy (non-hydrogen) atoms. The lowest BCUT2D eigenvalue weighted by Gasteiger charge is -2.10. The lowest BCUT2D eigenvalue weighted by atomic mass is 10.2. The largest absolute Gasteiger partial charge is 0.296 e. The van der Waals surface area contributed by atoms with Gasteiger partial charge in [-0.25, -0.2) is 9.37 Å². The fourth-order valence-electron chi connectivity index (χ4n) is 2.48. The van der Waals surface area contributed by atoms with Crippen LogP contribution >= 0.6 is 27.5 Å². The van der Waals surface area contributed by atoms with E-state index in [0.717, 1.165) is 32.6 Å². The summed E-state index contributed by atoms with van der Waals surface area (Å²) in [6.07, 6.45) is 0.628. The lowest BCUT2D eigenvalue weighted by molar-refractivity contribution is 0.629. The molecule has 3 aromatic rings. The van der Waals surface area contributed by atoms with Crippen molar-refractivity contribution < 1.29 is 4.39 Å². The number of fused-ring (bicyclic) bond motifs is 1. The van der Waals surface area contributed by atoms with Gasteiger partial charge in [-0.2, -0.15) is 0 Å². The van der Waals surface area contributed by atoms with Crippen LogP contribution in [0.5, 0.6) is 0 Å². The van der Waals surface area contributed by atoms with Gasteiger partial charge in [-0.05, 0) is 42.8 Å². The molecule has 0 aliphatic rings. The minimum absolute atomic E-state index is 0.271. The van der Waals surface area contributed by atoms with Crippen LogP contribution in [-0.4, -0.2) is 15.4 Å². The third-order valence-electron chi connectivity index (χ3n) is 3.29. The quantitative estimate of drug-likeness (QED) is 0.595. The number of benzene rings is 2. The summed E-state index contributed by atoms with van der Waals surface area (Å²) in [6.45, 7) is 2.02. The Hall–Kier alpha value is -1.39. The second-order valence-corrected chi connectivity index (χ2v) is 6.22. The Morgan fingerprint density at radius 3 is 2.76 bits per heavy atom. The maximum absolute atomic E-state index is 13.6. The zero-order valence-electron chi connectivity index (χ0n) is 11.4. The van der Waals surface area contributed by atoms with Crippen LogP contribution in [0, 0.1) is 12.7 Å². The normalized spacial score (nSPS) is 11.2. The summed E-state index contributed by atoms with van der Waals surface area (Å²) in [6, 6.07) is 10.7. The van der Waals surface area contributed by atoms with Crippen molar-refractivity contribution >= 4 is 38.6 Å². The Kier molecular flexibility index (Phi) is 4.00. The molecule has 0 saturated carbocycles. The first-order chi connectivity index (χ1) is 10.1. The molecule has 0 fully saturated rings. The van der Waals surface area contributed by atoms with Gasteiger partial charge in [-0.1, -0.05) is 15.9 Å². The van der Waals surface area contributed by atoms with E-state index in [0.29, 0.717) is 12.3 Å². The summed E-state index contributed by atoms with van der Waals surface area (Å²) >= 11 is 9.39. The molecule has 0 amide bonds. The molecule has 0 saturated heterocycles. The molecule has 108 valence electrons. The predicted octanol–water partition coefficient (Wildman–Crippen LogP) is 5.02. The molecule has 0 bridgehead atoms. The summed E-state index contributed by atoms with van der Waals surface area (Å²) in [7, 11) is 0. The number of rotatable bonds is 3. The topological polar surface area (TPSA) is 17.8 Å². The van der Waals surface area contributed by atoms with E-state index in [1.165, 1.54) is 12.1 Å². The van der Waals surface area contributed by atoms with E-state index in [-0.39, 0.29) is 5.82 Å². The van der Waals surface area contributed by atoms with Crippen molar-refractivity contribution in [3.8, 4) is 5.69 Å². The third-order valence-corrected chi connectivity index (χ3v) is 3.94. The number of aryl methyl sites for hydroxylation is 2. The van der Waals surface area contributed by atoms with Gasteiger partial charge in [0.2, 0.25) is 0 Å². The summed E-state index contributed by atoms with van der Waals surface area (Å²) in [4.78, 5) is 4.58. The van der Waals surface area contributed by atoms with Crippen molar-refractivity contribution in [2.24, 2.45) is 0 Å². The molecule has 0 radical (unpaired) electrons. The maximum atomic E-state index is 13.6. The van der Waals surface area contributed by atoms with Crippen LogP contribution in [0.2, 0.25) is 0 Å². The number of hydrogen-bond acceptors (Lipinski definition) is 1. The van der Waals surface area contributed by atoms with E-state index in [9.17, 15) is 4.39 Å². The van der Waals surface area contributed by atoms with Gasteiger partial charge in [0.25, 0.3) is 0 Å². The molecular weight excluding hydrogens is 355 g/mol. The molecular formula is C16H13BrClFN2. The van der Waals surface area contributed by atoms with Crippen molar-refractivity contribution in [1.29, 1.82) is 0 Å². The zero-order valence-corrected chi connectivity index (χ0v) is 13.7. The highest BCUT2D eigenvalue weighted by atomic mass is 79.9. The van der Waals surface area contributed by atoms with Gasteiger partial charge in [-0.3, -0.25) is 4.57 Å². The second-order valence-electron chi connectivity index (χ2n) is 4.92. The van der Waals surface area contributed by atoms with Gasteiger partial charge in [0.15, 0.2) is 0 Å². The fraction of sp³-hybridized carbons (Fsp3) is 0.188. The van der Waals surface area contributed by atoms with Crippen molar-refractivity contribution in [3.05, 3.63) is 58.1 Å². The van der Waals surface area contributed by atoms with Crippen LogP contribution in [-0.2, 0) is 6.42 Å². The van der Waals surface area contributed by atoms with Gasteiger partial charge in [0.1, 0.15) is 11.6 Å². The van der Waals surface area contributed by atoms with E-state index >= 15 is 0 Å². The first kappa shape index (κ1) is 14.5. The number of nitrogens with zero attached hydrogens (tertiary/aromatic N) is 2. The van der Waals surface area contributed by atoms with Crippen LogP contribution in [0.3, 0.4) is 0 Å². The number of halogens is 3. The first-order valence-electron chi connectivity index (χ1n) is 6.59. The van der Waals surface area contributed by atoms with Gasteiger partial charge in [0.05, 0.1) is 11.0 Å². The lowest BCUT2D eigenvalue weighted by Crippen LogP contribution is -2.02. The minimum atomic E-state index is -0.271. The summed E-state index contributed by atoms with van der Waals surface area (Å²) in [5.41, 5.74) is 3.60. The SMILES string of the molecule is Cc1cc(Br)cc(-n2c(CCCl)nc3ccc(F)cc32)c1. The number of aromatic nitrogens is 2. The summed E-state index contributed by atoms with van der Waals surface area (Å²) in [5, 5.41) is 0. The average Bonchev–Trinajstić information content (AvgIpc) is 2.75. The molecule has 0 spiro atoms. The molecule has 1 heterocycles. The molecule has 0 unspecified atom stereocenters. The molecule has 5 heteroatoms. The highest BCUT2D eigenvalue weighted by Crippen LogP contribution is 2.26. The number of hydrogen-bond donors (Lipinski definition) is 0. The van der Waals surface area contributed by atoms with E-state index in [2.05, 4.69) is 27.0 Å². The Balaban J connectivity index is 2.32. The van der Waals surface area contributed by atoms with Gasteiger partial charge >= 0.3 is 0 Å². The van der Waals surface area contributed by atoms with Crippen LogP contribution in [0.1, 0.15) is 11.4 Å². The van der Waals surface area contributed by atoms with E-state index in [1.54, 1.807) is 6.07 Å². The van der Waals surface area contributed by atoms with Gasteiger partial charge in [0, 0.05) is 28.5 Å². The summed E-state index contributed by atoms with van der Waals surface area (Å²) < 4.78 is 16.6. The van der Waals surface area contributed by atoms with E-state index in [4.69, 9.17) is 11.6 Å². The fourth-order valence-corrected chi connectivity index (χ4v) is 3.25. The van der Waals surface area contributed by atoms with Gasteiger partial charge in [-0.15, -0.1) is 11.6 Å². The zero-order chi connectivity index (χ0) is 15.0. The predicted molar refractivity (Wildman–Crippen MR) is 87.9 cm³/mol. The molecule has 1 aromatic heterocycles. The molecule has 0 atom stereocenters. The van der Waals surface area contributed by atoms with Crippen LogP contribution < -0.4 is 0 Å². The third kappa shape index (κ3) is 2.83. The van der Waals surface area contributed by atoms with Gasteiger partial charge < -0.3 is 0 Å². The van der Waals surface area contributed by atoms with E-state index < -0.39 is 0 Å². The Labute approximate surface area is 135 Å². The monoisotopic (exact) mass is 366 g/mol. The first-order valence-corrected chi connectivity index (χ1v) is 7.91. The second kappa shape index (κ2) is 5.78. The summed E-state index contributed by atoms with van der Waals surface area (Å²) in [5.74, 6) is 1.04. The molecule has 0 N–H and O–H groups in total. The highest BCUT2D eigenvalue weighted by Gasteiger charge is 2.13. The van der Waals surface area contributed by atoms with Crippen molar-refractivity contribution in [3.63, 3.8) is 0 Å². The molecule has 3 rings (SSSR count). The Morgan fingerprint density at radius 2 is 2.05 bits per heavy atom. The minimum Gasteiger partial charge on any atom is -0.296 e. The number of imidazole rings is 1. The highest BCUT2D eigenvalue weighted by molar-refractivity contribution is 9.10. The molecule has 0 aliphatic heterocycles. The van der Waals surface area contributed by atoms with Crippen molar-refractivity contribution in [1.82, 2.24) is 9.55 Å². The Bertz CT molecular complexity index is 793. The standard InChI is InChI=1S/C16H13BrClFN2/c1-10-6-11(17)8-13(7-10)21-15-9-12(19)2-3-14(15)20-16(21)4-5-18/h2-3,6-9H,4-5H2,1H3. The number of alkyl halides is 1. The smallest absolute Gasteiger partial charge is 0.125 e. The van der Waals surface area contributed by atoms with Crippen molar-refractivity contribution in [2.75, 3.05) is 5.88 Å². The Morgan fingerprint density at radius 1 is 1.24 bits per heavy atom. The molecule has 2 aromatic carbocycles. The molecule has 2 nitrogen and oxygen atoms in total. The van der Waals surface area contributed by atoms with E-state index in [1.807, 2.05) is 23.6 Å². The average molecular weight is 368 g/mol. The van der Waals surface area contributed by atoms with Crippen LogP contribution in [0.25, 0.3) is 16.7 Å². The molecule has 0 aliphatic carbocycles. The van der Waals surface area contributed by atoms with Crippen molar-refractivity contribution in [2.45, 2.75) is 13.3 Å². The maximum Gasteiger partial charge on any atom is 0.125 e. The van der Waals surface area contributed by atoms with Crippen LogP contribution in [0.4, 0.5) is 4.39 Å². The van der Waals surface area contributed by atoms with Crippen LogP contribution in [0.15, 0.2) is 40.9 Å².